The Hall–Kier alpha value is -1.58. The number of hydrogen-bond acceptors (Lipinski definition) is 3. The van der Waals surface area contributed by atoms with Crippen molar-refractivity contribution < 1.29 is 4.74 Å². The third-order valence-corrected chi connectivity index (χ3v) is 3.58. The summed E-state index contributed by atoms with van der Waals surface area (Å²) in [7, 11) is 0. The Morgan fingerprint density at radius 3 is 2.85 bits per heavy atom. The van der Waals surface area contributed by atoms with Crippen molar-refractivity contribution >= 4 is 11.6 Å². The van der Waals surface area contributed by atoms with Crippen LogP contribution in [0.15, 0.2) is 30.5 Å². The first-order chi connectivity index (χ1) is 9.61. The zero-order valence-corrected chi connectivity index (χ0v) is 12.8. The Bertz CT molecular complexity index is 599. The summed E-state index contributed by atoms with van der Waals surface area (Å²) in [6.07, 6.45) is 1.63. The molecule has 20 heavy (non-hydrogen) atoms. The highest BCUT2D eigenvalue weighted by molar-refractivity contribution is 6.31. The molecule has 0 saturated carbocycles. The minimum Gasteiger partial charge on any atom is -0.439 e. The zero-order valence-electron chi connectivity index (χ0n) is 12.0. The molecule has 3 nitrogen and oxygen atoms in total. The average molecular weight is 291 g/mol. The quantitative estimate of drug-likeness (QED) is 0.894. The number of aryl methyl sites for hydroxylation is 1. The van der Waals surface area contributed by atoms with Crippen molar-refractivity contribution in [2.24, 2.45) is 0 Å². The Morgan fingerprint density at radius 1 is 1.30 bits per heavy atom. The number of rotatable bonds is 5. The molecule has 1 N–H and O–H groups in total. The molecule has 2 rings (SSSR count). The van der Waals surface area contributed by atoms with E-state index in [-0.39, 0.29) is 0 Å². The molecule has 0 spiro atoms. The number of nitrogens with zero attached hydrogens (tertiary/aromatic N) is 1. The minimum atomic E-state index is 0.566. The highest BCUT2D eigenvalue weighted by Crippen LogP contribution is 2.27. The van der Waals surface area contributed by atoms with Crippen LogP contribution in [0.2, 0.25) is 5.02 Å². The highest BCUT2D eigenvalue weighted by Gasteiger charge is 2.07. The van der Waals surface area contributed by atoms with Crippen LogP contribution in [0, 0.1) is 13.8 Å². The van der Waals surface area contributed by atoms with Crippen LogP contribution in [0.5, 0.6) is 11.6 Å². The molecule has 0 atom stereocenters. The molecule has 2 aromatic rings. The largest absolute Gasteiger partial charge is 0.439 e. The van der Waals surface area contributed by atoms with Crippen LogP contribution in [0.1, 0.15) is 23.6 Å². The second-order valence-corrected chi connectivity index (χ2v) is 5.10. The van der Waals surface area contributed by atoms with Crippen LogP contribution < -0.4 is 10.1 Å². The molecule has 0 unspecified atom stereocenters. The van der Waals surface area contributed by atoms with Gasteiger partial charge < -0.3 is 10.1 Å². The van der Waals surface area contributed by atoms with Crippen LogP contribution in [-0.4, -0.2) is 11.5 Å². The molecule has 1 heterocycles. The molecule has 4 heteroatoms. The van der Waals surface area contributed by atoms with E-state index < -0.39 is 0 Å². The SMILES string of the molecule is CCNCc1cc(Oc2cccc(C)c2C)ncc1Cl. The Morgan fingerprint density at radius 2 is 2.10 bits per heavy atom. The maximum absolute atomic E-state index is 6.13. The summed E-state index contributed by atoms with van der Waals surface area (Å²) in [6, 6.07) is 7.87. The molecule has 106 valence electrons. The molecule has 0 aliphatic heterocycles. The van der Waals surface area contributed by atoms with E-state index in [1.54, 1.807) is 6.20 Å². The van der Waals surface area contributed by atoms with Gasteiger partial charge in [-0.3, -0.25) is 0 Å². The van der Waals surface area contributed by atoms with Gasteiger partial charge in [-0.2, -0.15) is 0 Å². The van der Waals surface area contributed by atoms with Crippen LogP contribution >= 0.6 is 11.6 Å². The molecule has 0 fully saturated rings. The molecular weight excluding hydrogens is 272 g/mol. The van der Waals surface area contributed by atoms with Gasteiger partial charge in [0, 0.05) is 18.8 Å². The molecule has 0 aliphatic rings. The number of hydrogen-bond donors (Lipinski definition) is 1. The first kappa shape index (κ1) is 14.8. The monoisotopic (exact) mass is 290 g/mol. The molecule has 0 bridgehead atoms. The van der Waals surface area contributed by atoms with Gasteiger partial charge >= 0.3 is 0 Å². The predicted molar refractivity (Wildman–Crippen MR) is 82.6 cm³/mol. The van der Waals surface area contributed by atoms with Crippen molar-refractivity contribution in [1.29, 1.82) is 0 Å². The molecule has 0 saturated heterocycles. The normalized spacial score (nSPS) is 10.6. The van der Waals surface area contributed by atoms with Gasteiger partial charge in [-0.15, -0.1) is 0 Å². The van der Waals surface area contributed by atoms with E-state index in [0.717, 1.165) is 23.4 Å². The van der Waals surface area contributed by atoms with E-state index in [2.05, 4.69) is 30.2 Å². The number of pyridine rings is 1. The van der Waals surface area contributed by atoms with Crippen molar-refractivity contribution in [2.45, 2.75) is 27.3 Å². The number of ether oxygens (including phenoxy) is 1. The topological polar surface area (TPSA) is 34.1 Å². The van der Waals surface area contributed by atoms with Gasteiger partial charge in [0.2, 0.25) is 5.88 Å². The fourth-order valence-corrected chi connectivity index (χ4v) is 2.03. The summed E-state index contributed by atoms with van der Waals surface area (Å²) in [5, 5.41) is 3.90. The molecule has 0 amide bonds. The van der Waals surface area contributed by atoms with Gasteiger partial charge in [0.1, 0.15) is 5.75 Å². The summed E-state index contributed by atoms with van der Waals surface area (Å²) < 4.78 is 5.87. The van der Waals surface area contributed by atoms with Crippen LogP contribution in [0.3, 0.4) is 0 Å². The fraction of sp³-hybridized carbons (Fsp3) is 0.312. The van der Waals surface area contributed by atoms with Crippen molar-refractivity contribution in [3.63, 3.8) is 0 Å². The molecule has 0 aliphatic carbocycles. The van der Waals surface area contributed by atoms with Crippen LogP contribution in [0.4, 0.5) is 0 Å². The lowest BCUT2D eigenvalue weighted by Crippen LogP contribution is -2.12. The fourth-order valence-electron chi connectivity index (χ4n) is 1.86. The van der Waals surface area contributed by atoms with Crippen molar-refractivity contribution in [3.8, 4) is 11.6 Å². The number of aromatic nitrogens is 1. The lowest BCUT2D eigenvalue weighted by molar-refractivity contribution is 0.458. The van der Waals surface area contributed by atoms with E-state index in [4.69, 9.17) is 16.3 Å². The number of nitrogens with one attached hydrogen (secondary N) is 1. The van der Waals surface area contributed by atoms with Crippen molar-refractivity contribution in [3.05, 3.63) is 52.2 Å². The van der Waals surface area contributed by atoms with Gasteiger partial charge in [0.25, 0.3) is 0 Å². The Kier molecular flexibility index (Phi) is 4.99. The molecule has 1 aromatic heterocycles. The van der Waals surface area contributed by atoms with Gasteiger partial charge in [-0.1, -0.05) is 30.7 Å². The van der Waals surface area contributed by atoms with Gasteiger partial charge in [0.05, 0.1) is 5.02 Å². The third kappa shape index (κ3) is 3.50. The average Bonchev–Trinajstić information content (AvgIpc) is 2.44. The molecule has 1 aromatic carbocycles. The first-order valence-electron chi connectivity index (χ1n) is 6.71. The summed E-state index contributed by atoms with van der Waals surface area (Å²) in [4.78, 5) is 4.23. The second kappa shape index (κ2) is 6.73. The second-order valence-electron chi connectivity index (χ2n) is 4.69. The van der Waals surface area contributed by atoms with E-state index in [0.29, 0.717) is 17.4 Å². The van der Waals surface area contributed by atoms with Crippen LogP contribution in [0.25, 0.3) is 0 Å². The smallest absolute Gasteiger partial charge is 0.219 e. The summed E-state index contributed by atoms with van der Waals surface area (Å²) in [6.45, 7) is 7.77. The first-order valence-corrected chi connectivity index (χ1v) is 7.08. The molecular formula is C16H19ClN2O. The lowest BCUT2D eigenvalue weighted by Gasteiger charge is -2.11. The standard InChI is InChI=1S/C16H19ClN2O/c1-4-18-9-13-8-16(19-10-14(13)17)20-15-7-5-6-11(2)12(15)3/h5-8,10,18H,4,9H2,1-3H3. The summed E-state index contributed by atoms with van der Waals surface area (Å²) in [5.41, 5.74) is 3.31. The van der Waals surface area contributed by atoms with E-state index >= 15 is 0 Å². The van der Waals surface area contributed by atoms with Crippen molar-refractivity contribution in [1.82, 2.24) is 10.3 Å². The number of benzene rings is 1. The van der Waals surface area contributed by atoms with Crippen LogP contribution in [-0.2, 0) is 6.54 Å². The minimum absolute atomic E-state index is 0.566. The Balaban J connectivity index is 2.23. The van der Waals surface area contributed by atoms with E-state index in [9.17, 15) is 0 Å². The maximum Gasteiger partial charge on any atom is 0.219 e. The van der Waals surface area contributed by atoms with E-state index in [1.165, 1.54) is 5.56 Å². The van der Waals surface area contributed by atoms with Gasteiger partial charge in [-0.05, 0) is 43.1 Å². The Labute approximate surface area is 124 Å². The molecule has 0 radical (unpaired) electrons. The summed E-state index contributed by atoms with van der Waals surface area (Å²) in [5.74, 6) is 1.39. The van der Waals surface area contributed by atoms with Gasteiger partial charge in [0.15, 0.2) is 0 Å². The predicted octanol–water partition coefficient (Wildman–Crippen LogP) is 4.25. The van der Waals surface area contributed by atoms with Crippen molar-refractivity contribution in [2.75, 3.05) is 6.54 Å². The lowest BCUT2D eigenvalue weighted by atomic mass is 10.1. The van der Waals surface area contributed by atoms with E-state index in [1.807, 2.05) is 25.1 Å². The van der Waals surface area contributed by atoms with Gasteiger partial charge in [-0.25, -0.2) is 4.98 Å². The third-order valence-electron chi connectivity index (χ3n) is 3.24. The number of halogens is 1. The highest BCUT2D eigenvalue weighted by atomic mass is 35.5. The maximum atomic E-state index is 6.13. The summed E-state index contributed by atoms with van der Waals surface area (Å²) >= 11 is 6.13. The zero-order chi connectivity index (χ0) is 14.5.